The van der Waals surface area contributed by atoms with Crippen LogP contribution in [0.15, 0.2) is 53.0 Å². The molecule has 0 saturated carbocycles. The molecule has 0 bridgehead atoms. The fourth-order valence-corrected chi connectivity index (χ4v) is 2.57. The summed E-state index contributed by atoms with van der Waals surface area (Å²) < 4.78 is 0.953. The predicted octanol–water partition coefficient (Wildman–Crippen LogP) is 4.17. The Labute approximate surface area is 121 Å². The van der Waals surface area contributed by atoms with Crippen LogP contribution in [-0.4, -0.2) is 11.1 Å². The molecule has 1 atom stereocenters. The van der Waals surface area contributed by atoms with Crippen molar-refractivity contribution in [3.8, 4) is 0 Å². The van der Waals surface area contributed by atoms with Crippen molar-refractivity contribution in [1.82, 2.24) is 0 Å². The van der Waals surface area contributed by atoms with E-state index in [4.69, 9.17) is 0 Å². The minimum Gasteiger partial charge on any atom is -0.481 e. The molecule has 0 aliphatic heterocycles. The largest absolute Gasteiger partial charge is 0.481 e. The van der Waals surface area contributed by atoms with Crippen LogP contribution in [0, 0.1) is 6.92 Å². The van der Waals surface area contributed by atoms with E-state index in [0.717, 1.165) is 21.2 Å². The lowest BCUT2D eigenvalue weighted by Gasteiger charge is -2.14. The molecular weight excluding hydrogens is 304 g/mol. The number of benzene rings is 2. The molecule has 0 fully saturated rings. The van der Waals surface area contributed by atoms with Crippen LogP contribution in [0.5, 0.6) is 0 Å². The average Bonchev–Trinajstić information content (AvgIpc) is 2.37. The molecular formula is C16H15BrO2. The van der Waals surface area contributed by atoms with E-state index in [0.29, 0.717) is 6.42 Å². The van der Waals surface area contributed by atoms with Gasteiger partial charge in [0, 0.05) is 4.47 Å². The van der Waals surface area contributed by atoms with Gasteiger partial charge in [0.1, 0.15) is 0 Å². The fourth-order valence-electron chi connectivity index (χ4n) is 2.12. The summed E-state index contributed by atoms with van der Waals surface area (Å²) in [6, 6.07) is 15.4. The van der Waals surface area contributed by atoms with Crippen LogP contribution in [0.4, 0.5) is 0 Å². The van der Waals surface area contributed by atoms with Crippen molar-refractivity contribution in [2.45, 2.75) is 19.3 Å². The Balaban J connectivity index is 2.32. The lowest BCUT2D eigenvalue weighted by atomic mass is 9.91. The maximum absolute atomic E-state index is 11.5. The number of aliphatic carboxylic acids is 1. The van der Waals surface area contributed by atoms with Gasteiger partial charge in [0.2, 0.25) is 0 Å². The number of aryl methyl sites for hydroxylation is 1. The van der Waals surface area contributed by atoms with Gasteiger partial charge in [-0.25, -0.2) is 0 Å². The molecule has 1 N–H and O–H groups in total. The van der Waals surface area contributed by atoms with Gasteiger partial charge in [-0.1, -0.05) is 64.0 Å². The van der Waals surface area contributed by atoms with Crippen LogP contribution in [-0.2, 0) is 11.2 Å². The maximum atomic E-state index is 11.5. The molecule has 0 aromatic heterocycles. The third-order valence-electron chi connectivity index (χ3n) is 3.12. The molecule has 2 nitrogen and oxygen atoms in total. The highest BCUT2D eigenvalue weighted by molar-refractivity contribution is 9.10. The van der Waals surface area contributed by atoms with Gasteiger partial charge in [0.15, 0.2) is 0 Å². The fraction of sp³-hybridized carbons (Fsp3) is 0.188. The molecule has 3 heteroatoms. The second kappa shape index (κ2) is 6.02. The highest BCUT2D eigenvalue weighted by Gasteiger charge is 2.21. The van der Waals surface area contributed by atoms with Gasteiger partial charge in [-0.2, -0.15) is 0 Å². The molecule has 98 valence electrons. The summed E-state index contributed by atoms with van der Waals surface area (Å²) in [5.41, 5.74) is 2.94. The SMILES string of the molecule is Cc1cccc(C(Cc2ccccc2Br)C(=O)O)c1. The van der Waals surface area contributed by atoms with E-state index >= 15 is 0 Å². The van der Waals surface area contributed by atoms with Crippen molar-refractivity contribution in [3.05, 3.63) is 69.7 Å². The number of hydrogen-bond acceptors (Lipinski definition) is 1. The van der Waals surface area contributed by atoms with Gasteiger partial charge >= 0.3 is 5.97 Å². The summed E-state index contributed by atoms with van der Waals surface area (Å²) in [6.45, 7) is 1.97. The Morgan fingerprint density at radius 3 is 2.58 bits per heavy atom. The third kappa shape index (κ3) is 3.44. The van der Waals surface area contributed by atoms with Crippen LogP contribution < -0.4 is 0 Å². The Bertz CT molecular complexity index is 593. The molecule has 0 heterocycles. The van der Waals surface area contributed by atoms with Crippen LogP contribution in [0.25, 0.3) is 0 Å². The molecule has 0 aliphatic rings. The average molecular weight is 319 g/mol. The standard InChI is InChI=1S/C16H15BrO2/c1-11-5-4-7-12(9-11)14(16(18)19)10-13-6-2-3-8-15(13)17/h2-9,14H,10H2,1H3,(H,18,19). The van der Waals surface area contributed by atoms with Crippen molar-refractivity contribution < 1.29 is 9.90 Å². The lowest BCUT2D eigenvalue weighted by Crippen LogP contribution is -2.14. The summed E-state index contributed by atoms with van der Waals surface area (Å²) in [5, 5.41) is 9.45. The zero-order chi connectivity index (χ0) is 13.8. The van der Waals surface area contributed by atoms with E-state index < -0.39 is 11.9 Å². The highest BCUT2D eigenvalue weighted by Crippen LogP contribution is 2.26. The number of carbonyl (C=O) groups is 1. The predicted molar refractivity (Wildman–Crippen MR) is 79.4 cm³/mol. The van der Waals surface area contributed by atoms with Gasteiger partial charge in [0.25, 0.3) is 0 Å². The van der Waals surface area contributed by atoms with E-state index in [1.165, 1.54) is 0 Å². The smallest absolute Gasteiger partial charge is 0.311 e. The zero-order valence-electron chi connectivity index (χ0n) is 10.6. The van der Waals surface area contributed by atoms with Crippen molar-refractivity contribution in [2.75, 3.05) is 0 Å². The van der Waals surface area contributed by atoms with E-state index in [1.807, 2.05) is 55.5 Å². The van der Waals surface area contributed by atoms with Crippen molar-refractivity contribution >= 4 is 21.9 Å². The Hall–Kier alpha value is -1.61. The first kappa shape index (κ1) is 13.8. The zero-order valence-corrected chi connectivity index (χ0v) is 12.2. The first-order valence-electron chi connectivity index (χ1n) is 6.10. The molecule has 2 aromatic rings. The second-order valence-corrected chi connectivity index (χ2v) is 5.45. The summed E-state index contributed by atoms with van der Waals surface area (Å²) in [4.78, 5) is 11.5. The van der Waals surface area contributed by atoms with Crippen LogP contribution >= 0.6 is 15.9 Å². The summed E-state index contributed by atoms with van der Waals surface area (Å²) in [7, 11) is 0. The Morgan fingerprint density at radius 1 is 1.21 bits per heavy atom. The number of hydrogen-bond donors (Lipinski definition) is 1. The van der Waals surface area contributed by atoms with Crippen LogP contribution in [0.1, 0.15) is 22.6 Å². The molecule has 0 radical (unpaired) electrons. The summed E-state index contributed by atoms with van der Waals surface area (Å²) in [5.74, 6) is -1.31. The second-order valence-electron chi connectivity index (χ2n) is 4.60. The molecule has 2 rings (SSSR count). The maximum Gasteiger partial charge on any atom is 0.311 e. The third-order valence-corrected chi connectivity index (χ3v) is 3.90. The molecule has 1 unspecified atom stereocenters. The number of carboxylic acid groups (broad SMARTS) is 1. The minimum absolute atomic E-state index is 0.486. The minimum atomic E-state index is -0.790. The summed E-state index contributed by atoms with van der Waals surface area (Å²) in [6.07, 6.45) is 0.486. The number of halogens is 1. The van der Waals surface area contributed by atoms with Gasteiger partial charge in [-0.15, -0.1) is 0 Å². The normalized spacial score (nSPS) is 12.1. The van der Waals surface area contributed by atoms with Crippen molar-refractivity contribution in [1.29, 1.82) is 0 Å². The molecule has 0 saturated heterocycles. The quantitative estimate of drug-likeness (QED) is 0.918. The first-order chi connectivity index (χ1) is 9.08. The molecule has 19 heavy (non-hydrogen) atoms. The Kier molecular flexibility index (Phi) is 4.38. The van der Waals surface area contributed by atoms with Gasteiger partial charge in [-0.05, 0) is 30.5 Å². The lowest BCUT2D eigenvalue weighted by molar-refractivity contribution is -0.138. The van der Waals surface area contributed by atoms with Gasteiger partial charge in [-0.3, -0.25) is 4.79 Å². The van der Waals surface area contributed by atoms with Crippen molar-refractivity contribution in [3.63, 3.8) is 0 Å². The Morgan fingerprint density at radius 2 is 1.95 bits per heavy atom. The van der Waals surface area contributed by atoms with Crippen LogP contribution in [0.3, 0.4) is 0 Å². The van der Waals surface area contributed by atoms with Gasteiger partial charge in [0.05, 0.1) is 5.92 Å². The molecule has 0 amide bonds. The number of rotatable bonds is 4. The summed E-state index contributed by atoms with van der Waals surface area (Å²) >= 11 is 3.47. The topological polar surface area (TPSA) is 37.3 Å². The highest BCUT2D eigenvalue weighted by atomic mass is 79.9. The van der Waals surface area contributed by atoms with E-state index in [1.54, 1.807) is 0 Å². The molecule has 0 spiro atoms. The monoisotopic (exact) mass is 318 g/mol. The molecule has 0 aliphatic carbocycles. The van der Waals surface area contributed by atoms with E-state index in [9.17, 15) is 9.90 Å². The molecule has 2 aromatic carbocycles. The number of carboxylic acids is 1. The van der Waals surface area contributed by atoms with Crippen molar-refractivity contribution in [2.24, 2.45) is 0 Å². The first-order valence-corrected chi connectivity index (χ1v) is 6.90. The van der Waals surface area contributed by atoms with Crippen LogP contribution in [0.2, 0.25) is 0 Å². The van der Waals surface area contributed by atoms with E-state index in [2.05, 4.69) is 15.9 Å². The van der Waals surface area contributed by atoms with E-state index in [-0.39, 0.29) is 0 Å². The van der Waals surface area contributed by atoms with Gasteiger partial charge < -0.3 is 5.11 Å².